The van der Waals surface area contributed by atoms with Crippen LogP contribution in [-0.4, -0.2) is 75.5 Å². The van der Waals surface area contributed by atoms with Gasteiger partial charge in [-0.2, -0.15) is 0 Å². The number of ether oxygens (including phenoxy) is 3. The first-order valence-corrected chi connectivity index (χ1v) is 20.3. The molecule has 8 nitrogen and oxygen atoms in total. The number of hydrogen-bond donors (Lipinski definition) is 0. The van der Waals surface area contributed by atoms with E-state index < -0.39 is 24.1 Å². The normalized spacial score (nSPS) is 14.0. The highest BCUT2D eigenvalue weighted by Gasteiger charge is 2.25. The molecule has 0 saturated heterocycles. The SMILES string of the molecule is CC/C=C/C/C=C/C/C=C/C/C=C/C/C=C/CCC(=O)OC(COCCC(C(=O)[O-])[N+](C)(C)C)COC(=O)CCCCCC/C=C/C/C=C/C/C=C/CC. The Hall–Kier alpha value is -3.75. The van der Waals surface area contributed by atoms with Crippen LogP contribution in [0.3, 0.4) is 0 Å². The lowest BCUT2D eigenvalue weighted by molar-refractivity contribution is -0.889. The van der Waals surface area contributed by atoms with Crippen LogP contribution in [0.2, 0.25) is 0 Å². The van der Waals surface area contributed by atoms with E-state index in [1.54, 1.807) is 21.1 Å². The van der Waals surface area contributed by atoms with Crippen molar-refractivity contribution in [2.24, 2.45) is 0 Å². The van der Waals surface area contributed by atoms with Crippen LogP contribution in [0.1, 0.15) is 123 Å². The van der Waals surface area contributed by atoms with E-state index >= 15 is 0 Å². The number of rotatable bonds is 34. The number of carbonyl (C=O) groups is 3. The maximum atomic E-state index is 12.6. The second-order valence-corrected chi connectivity index (χ2v) is 14.1. The van der Waals surface area contributed by atoms with Gasteiger partial charge in [0.2, 0.25) is 0 Å². The Morgan fingerprint density at radius 2 is 1.02 bits per heavy atom. The number of nitrogens with zero attached hydrogens (tertiary/aromatic N) is 1. The number of likely N-dealkylation sites (N-methyl/N-ethyl adjacent to an activating group) is 1. The van der Waals surface area contributed by atoms with Crippen LogP contribution >= 0.6 is 0 Å². The molecule has 0 radical (unpaired) electrons. The average molecular weight is 752 g/mol. The van der Waals surface area contributed by atoms with Crippen molar-refractivity contribution in [3.63, 3.8) is 0 Å². The second kappa shape index (κ2) is 36.2. The molecule has 2 unspecified atom stereocenters. The zero-order valence-corrected chi connectivity index (χ0v) is 34.3. The molecule has 0 aromatic rings. The predicted molar refractivity (Wildman–Crippen MR) is 221 cm³/mol. The first-order valence-electron chi connectivity index (χ1n) is 20.3. The Balaban J connectivity index is 4.58. The van der Waals surface area contributed by atoms with Gasteiger partial charge in [-0.3, -0.25) is 9.59 Å². The summed E-state index contributed by atoms with van der Waals surface area (Å²) in [4.78, 5) is 36.7. The largest absolute Gasteiger partial charge is 0.544 e. The minimum Gasteiger partial charge on any atom is -0.544 e. The highest BCUT2D eigenvalue weighted by molar-refractivity contribution is 5.70. The van der Waals surface area contributed by atoms with E-state index in [1.807, 2.05) is 12.2 Å². The van der Waals surface area contributed by atoms with Gasteiger partial charge in [-0.05, 0) is 77.0 Å². The topological polar surface area (TPSA) is 102 Å². The number of unbranched alkanes of at least 4 members (excludes halogenated alkanes) is 4. The molecule has 2 atom stereocenters. The Kier molecular flexibility index (Phi) is 33.7. The predicted octanol–water partition coefficient (Wildman–Crippen LogP) is 9.40. The first-order chi connectivity index (χ1) is 26.1. The van der Waals surface area contributed by atoms with Crippen molar-refractivity contribution >= 4 is 17.9 Å². The summed E-state index contributed by atoms with van der Waals surface area (Å²) >= 11 is 0. The van der Waals surface area contributed by atoms with Gasteiger partial charge in [0.1, 0.15) is 12.6 Å². The minimum absolute atomic E-state index is 0.00316. The molecule has 0 amide bonds. The lowest BCUT2D eigenvalue weighted by Gasteiger charge is -2.34. The summed E-state index contributed by atoms with van der Waals surface area (Å²) in [5, 5.41) is 11.6. The number of carboxylic acid groups (broad SMARTS) is 1. The molecule has 0 N–H and O–H groups in total. The van der Waals surface area contributed by atoms with Gasteiger partial charge < -0.3 is 28.6 Å². The number of carbonyl (C=O) groups excluding carboxylic acids is 3. The summed E-state index contributed by atoms with van der Waals surface area (Å²) < 4.78 is 17.0. The minimum atomic E-state index is -1.14. The number of hydrogen-bond acceptors (Lipinski definition) is 7. The molecule has 0 spiro atoms. The van der Waals surface area contributed by atoms with Gasteiger partial charge in [0.15, 0.2) is 6.10 Å². The van der Waals surface area contributed by atoms with E-state index in [-0.39, 0.29) is 43.1 Å². The Morgan fingerprint density at radius 3 is 1.50 bits per heavy atom. The summed E-state index contributed by atoms with van der Waals surface area (Å²) in [7, 11) is 5.35. The van der Waals surface area contributed by atoms with Crippen LogP contribution < -0.4 is 5.11 Å². The number of aliphatic carboxylic acids is 1. The third-order valence-corrected chi connectivity index (χ3v) is 8.23. The maximum absolute atomic E-state index is 12.6. The monoisotopic (exact) mass is 752 g/mol. The fourth-order valence-corrected chi connectivity index (χ4v) is 5.13. The standard InChI is InChI=1S/C46H73NO7/c1-6-8-10-12-14-16-18-20-22-23-25-27-29-31-33-35-37-45(49)54-42(40-52-39-38-43(46(50)51)47(3,4)5)41-53-44(48)36-34-32-30-28-26-24-21-19-17-15-13-11-9-7-2/h8-11,14-17,20-22,24-25,27,31,33,42-43H,6-7,12-13,18-19,23,26,28-30,32,34-41H2,1-5H3/b10-8+,11-9+,16-14+,17-15+,22-20+,24-21+,27-25+,33-31+. The van der Waals surface area contributed by atoms with Gasteiger partial charge in [0.25, 0.3) is 0 Å². The van der Waals surface area contributed by atoms with E-state index in [1.165, 1.54) is 0 Å². The van der Waals surface area contributed by atoms with Crippen molar-refractivity contribution in [1.82, 2.24) is 0 Å². The van der Waals surface area contributed by atoms with Gasteiger partial charge in [-0.25, -0.2) is 0 Å². The van der Waals surface area contributed by atoms with E-state index in [0.717, 1.165) is 83.5 Å². The Labute approximate surface area is 328 Å². The number of allylic oxidation sites excluding steroid dienone is 16. The third kappa shape index (κ3) is 34.0. The Bertz CT molecular complexity index is 1200. The second-order valence-electron chi connectivity index (χ2n) is 14.1. The van der Waals surface area contributed by atoms with Crippen LogP contribution in [0.15, 0.2) is 97.2 Å². The fraction of sp³-hybridized carbons (Fsp3) is 0.587. The molecular weight excluding hydrogens is 679 g/mol. The molecule has 0 saturated carbocycles. The van der Waals surface area contributed by atoms with Crippen molar-refractivity contribution in [1.29, 1.82) is 0 Å². The van der Waals surface area contributed by atoms with Crippen molar-refractivity contribution in [2.45, 2.75) is 135 Å². The highest BCUT2D eigenvalue weighted by atomic mass is 16.6. The molecule has 54 heavy (non-hydrogen) atoms. The van der Waals surface area contributed by atoms with Crippen molar-refractivity contribution in [3.05, 3.63) is 97.2 Å². The average Bonchev–Trinajstić information content (AvgIpc) is 3.12. The van der Waals surface area contributed by atoms with Gasteiger partial charge in [-0.15, -0.1) is 0 Å². The van der Waals surface area contributed by atoms with E-state index in [2.05, 4.69) is 98.9 Å². The molecule has 0 heterocycles. The molecule has 304 valence electrons. The maximum Gasteiger partial charge on any atom is 0.306 e. The van der Waals surface area contributed by atoms with E-state index in [0.29, 0.717) is 12.8 Å². The lowest BCUT2D eigenvalue weighted by Crippen LogP contribution is -2.55. The van der Waals surface area contributed by atoms with Crippen LogP contribution in [0, 0.1) is 0 Å². The van der Waals surface area contributed by atoms with Gasteiger partial charge in [-0.1, -0.05) is 124 Å². The summed E-state index contributed by atoms with van der Waals surface area (Å²) in [6.45, 7) is 4.29. The van der Waals surface area contributed by atoms with Crippen LogP contribution in [0.25, 0.3) is 0 Å². The molecule has 0 fully saturated rings. The molecule has 8 heteroatoms. The number of esters is 2. The summed E-state index contributed by atoms with van der Waals surface area (Å²) in [6, 6.07) is -0.747. The Morgan fingerprint density at radius 1 is 0.556 bits per heavy atom. The van der Waals surface area contributed by atoms with Crippen LogP contribution in [0.4, 0.5) is 0 Å². The first kappa shape index (κ1) is 50.2. The van der Waals surface area contributed by atoms with E-state index in [9.17, 15) is 19.5 Å². The van der Waals surface area contributed by atoms with Crippen molar-refractivity contribution in [2.75, 3.05) is 41.0 Å². The molecule has 0 aromatic carbocycles. The molecular formula is C46H73NO7. The smallest absolute Gasteiger partial charge is 0.306 e. The zero-order valence-electron chi connectivity index (χ0n) is 34.3. The summed E-state index contributed by atoms with van der Waals surface area (Å²) in [5.74, 6) is -1.89. The van der Waals surface area contributed by atoms with Crippen LogP contribution in [0.5, 0.6) is 0 Å². The number of quaternary nitrogens is 1. The van der Waals surface area contributed by atoms with E-state index in [4.69, 9.17) is 14.2 Å². The van der Waals surface area contributed by atoms with Crippen molar-refractivity contribution < 1.29 is 38.2 Å². The fourth-order valence-electron chi connectivity index (χ4n) is 5.13. The highest BCUT2D eigenvalue weighted by Crippen LogP contribution is 2.10. The zero-order chi connectivity index (χ0) is 40.0. The summed E-state index contributed by atoms with van der Waals surface area (Å²) in [6.07, 6.45) is 47.3. The molecule has 0 aliphatic carbocycles. The molecule has 0 bridgehead atoms. The lowest BCUT2D eigenvalue weighted by atomic mass is 10.1. The third-order valence-electron chi connectivity index (χ3n) is 8.23. The van der Waals surface area contributed by atoms with Gasteiger partial charge >= 0.3 is 11.9 Å². The van der Waals surface area contributed by atoms with Crippen molar-refractivity contribution in [3.8, 4) is 0 Å². The number of carboxylic acids is 1. The van der Waals surface area contributed by atoms with Crippen LogP contribution in [-0.2, 0) is 28.6 Å². The quantitative estimate of drug-likeness (QED) is 0.0280. The molecule has 0 aliphatic rings. The van der Waals surface area contributed by atoms with Gasteiger partial charge in [0.05, 0.1) is 40.3 Å². The van der Waals surface area contributed by atoms with Gasteiger partial charge in [0, 0.05) is 19.3 Å². The molecule has 0 rings (SSSR count). The summed E-state index contributed by atoms with van der Waals surface area (Å²) in [5.41, 5.74) is 0. The molecule has 0 aliphatic heterocycles. The molecule has 0 aromatic heterocycles.